The Bertz CT molecular complexity index is 455. The smallest absolute Gasteiger partial charge is 0.342 e. The number of benzene rings is 1. The molecule has 1 aromatic carbocycles. The predicted molar refractivity (Wildman–Crippen MR) is 60.3 cm³/mol. The fourth-order valence-corrected chi connectivity index (χ4v) is 1.40. The zero-order chi connectivity index (χ0) is 13.0. The van der Waals surface area contributed by atoms with Crippen LogP contribution in [0.5, 0.6) is 5.75 Å². The van der Waals surface area contributed by atoms with Crippen molar-refractivity contribution in [3.63, 3.8) is 0 Å². The Labute approximate surface area is 98.3 Å². The van der Waals surface area contributed by atoms with Crippen LogP contribution in [0.3, 0.4) is 0 Å². The average Bonchev–Trinajstić information content (AvgIpc) is 2.28. The van der Waals surface area contributed by atoms with Gasteiger partial charge in [0.1, 0.15) is 11.3 Å². The van der Waals surface area contributed by atoms with Crippen LogP contribution in [0.15, 0.2) is 12.1 Å². The Morgan fingerprint density at radius 3 is 2.59 bits per heavy atom. The van der Waals surface area contributed by atoms with Crippen LogP contribution in [-0.4, -0.2) is 24.6 Å². The number of hydrogen-bond donors (Lipinski definition) is 0. The summed E-state index contributed by atoms with van der Waals surface area (Å²) in [5, 5.41) is 10.8. The molecule has 1 aromatic rings. The maximum atomic E-state index is 11.6. The van der Waals surface area contributed by atoms with Crippen molar-refractivity contribution in [3.05, 3.63) is 33.4 Å². The second-order valence-electron chi connectivity index (χ2n) is 3.32. The Morgan fingerprint density at radius 1 is 1.47 bits per heavy atom. The number of ether oxygens (including phenoxy) is 2. The molecule has 17 heavy (non-hydrogen) atoms. The SMILES string of the molecule is CCOC(=O)c1cc([N+](=O)[O-])c(C)cc1OC. The lowest BCUT2D eigenvalue weighted by atomic mass is 10.1. The van der Waals surface area contributed by atoms with E-state index < -0.39 is 10.9 Å². The number of nitro groups is 1. The standard InChI is InChI=1S/C11H13NO5/c1-4-17-11(13)8-6-9(12(14)15)7(2)5-10(8)16-3/h5-6H,4H2,1-3H3. The molecule has 0 aliphatic rings. The van der Waals surface area contributed by atoms with E-state index in [1.165, 1.54) is 19.2 Å². The highest BCUT2D eigenvalue weighted by molar-refractivity contribution is 5.93. The third-order valence-electron chi connectivity index (χ3n) is 2.21. The number of methoxy groups -OCH3 is 1. The van der Waals surface area contributed by atoms with Crippen LogP contribution in [0.1, 0.15) is 22.8 Å². The Hall–Kier alpha value is -2.11. The van der Waals surface area contributed by atoms with E-state index in [0.29, 0.717) is 5.56 Å². The number of nitrogens with zero attached hydrogens (tertiary/aromatic N) is 1. The molecule has 0 radical (unpaired) electrons. The molecule has 0 bridgehead atoms. The monoisotopic (exact) mass is 239 g/mol. The van der Waals surface area contributed by atoms with Crippen LogP contribution in [0.4, 0.5) is 5.69 Å². The van der Waals surface area contributed by atoms with Crippen molar-refractivity contribution in [1.82, 2.24) is 0 Å². The molecule has 0 aromatic heterocycles. The summed E-state index contributed by atoms with van der Waals surface area (Å²) in [5.74, 6) is -0.362. The predicted octanol–water partition coefficient (Wildman–Crippen LogP) is 2.09. The summed E-state index contributed by atoms with van der Waals surface area (Å²) in [6, 6.07) is 2.62. The molecule has 0 unspecified atom stereocenters. The summed E-state index contributed by atoms with van der Waals surface area (Å²) in [6.07, 6.45) is 0. The molecule has 0 aliphatic heterocycles. The van der Waals surface area contributed by atoms with Crippen LogP contribution >= 0.6 is 0 Å². The third kappa shape index (κ3) is 2.72. The van der Waals surface area contributed by atoms with E-state index in [-0.39, 0.29) is 23.6 Å². The van der Waals surface area contributed by atoms with Gasteiger partial charge in [-0.3, -0.25) is 10.1 Å². The molecule has 0 fully saturated rings. The molecule has 0 saturated carbocycles. The first-order valence-corrected chi connectivity index (χ1v) is 5.01. The number of nitro benzene ring substituents is 1. The Morgan fingerprint density at radius 2 is 2.12 bits per heavy atom. The van der Waals surface area contributed by atoms with Crippen molar-refractivity contribution >= 4 is 11.7 Å². The Kier molecular flexibility index (Phi) is 4.03. The fourth-order valence-electron chi connectivity index (χ4n) is 1.40. The number of carbonyl (C=O) groups is 1. The van der Waals surface area contributed by atoms with Crippen molar-refractivity contribution < 1.29 is 19.2 Å². The maximum absolute atomic E-state index is 11.6. The van der Waals surface area contributed by atoms with Gasteiger partial charge in [0.05, 0.1) is 18.6 Å². The molecular formula is C11H13NO5. The molecule has 0 saturated heterocycles. The normalized spacial score (nSPS) is 9.82. The lowest BCUT2D eigenvalue weighted by Gasteiger charge is -2.08. The minimum absolute atomic E-state index is 0.0617. The molecule has 0 heterocycles. The largest absolute Gasteiger partial charge is 0.496 e. The van der Waals surface area contributed by atoms with E-state index in [2.05, 4.69) is 0 Å². The van der Waals surface area contributed by atoms with Gasteiger partial charge >= 0.3 is 5.97 Å². The second kappa shape index (κ2) is 5.29. The summed E-state index contributed by atoms with van der Waals surface area (Å²) >= 11 is 0. The van der Waals surface area contributed by atoms with Gasteiger partial charge in [0.2, 0.25) is 0 Å². The van der Waals surface area contributed by atoms with E-state index in [1.54, 1.807) is 13.8 Å². The highest BCUT2D eigenvalue weighted by Crippen LogP contribution is 2.28. The minimum atomic E-state index is -0.632. The highest BCUT2D eigenvalue weighted by atomic mass is 16.6. The number of esters is 1. The van der Waals surface area contributed by atoms with Crippen LogP contribution in [0.25, 0.3) is 0 Å². The number of carbonyl (C=O) groups excluding carboxylic acids is 1. The molecule has 0 N–H and O–H groups in total. The van der Waals surface area contributed by atoms with Crippen LogP contribution in [0.2, 0.25) is 0 Å². The van der Waals surface area contributed by atoms with Crippen LogP contribution in [0, 0.1) is 17.0 Å². The van der Waals surface area contributed by atoms with Crippen LogP contribution < -0.4 is 4.74 Å². The lowest BCUT2D eigenvalue weighted by Crippen LogP contribution is -2.08. The van der Waals surface area contributed by atoms with Gasteiger partial charge in [0.25, 0.3) is 5.69 Å². The summed E-state index contributed by atoms with van der Waals surface area (Å²) in [7, 11) is 1.39. The van der Waals surface area contributed by atoms with Crippen molar-refractivity contribution in [2.24, 2.45) is 0 Å². The number of aryl methyl sites for hydroxylation is 1. The molecule has 0 aliphatic carbocycles. The summed E-state index contributed by atoms with van der Waals surface area (Å²) in [4.78, 5) is 21.8. The number of rotatable bonds is 4. The van der Waals surface area contributed by atoms with Crippen LogP contribution in [-0.2, 0) is 4.74 Å². The maximum Gasteiger partial charge on any atom is 0.342 e. The minimum Gasteiger partial charge on any atom is -0.496 e. The van der Waals surface area contributed by atoms with Gasteiger partial charge in [-0.1, -0.05) is 0 Å². The van der Waals surface area contributed by atoms with Gasteiger partial charge in [-0.25, -0.2) is 4.79 Å². The van der Waals surface area contributed by atoms with Gasteiger partial charge in [-0.15, -0.1) is 0 Å². The first-order chi connectivity index (χ1) is 8.01. The zero-order valence-corrected chi connectivity index (χ0v) is 9.85. The van der Waals surface area contributed by atoms with Crippen molar-refractivity contribution in [2.45, 2.75) is 13.8 Å². The van der Waals surface area contributed by atoms with Gasteiger partial charge in [0, 0.05) is 11.6 Å². The van der Waals surface area contributed by atoms with Crippen molar-refractivity contribution in [3.8, 4) is 5.75 Å². The molecule has 0 spiro atoms. The molecule has 0 amide bonds. The van der Waals surface area contributed by atoms with E-state index >= 15 is 0 Å². The summed E-state index contributed by atoms with van der Waals surface area (Å²) in [6.45, 7) is 3.44. The van der Waals surface area contributed by atoms with Gasteiger partial charge in [0.15, 0.2) is 0 Å². The van der Waals surface area contributed by atoms with Gasteiger partial charge in [-0.05, 0) is 19.9 Å². The number of hydrogen-bond acceptors (Lipinski definition) is 5. The summed E-state index contributed by atoms with van der Waals surface area (Å²) < 4.78 is 9.81. The van der Waals surface area contributed by atoms with E-state index in [9.17, 15) is 14.9 Å². The van der Waals surface area contributed by atoms with Gasteiger partial charge in [-0.2, -0.15) is 0 Å². The topological polar surface area (TPSA) is 78.7 Å². The van der Waals surface area contributed by atoms with Gasteiger partial charge < -0.3 is 9.47 Å². The highest BCUT2D eigenvalue weighted by Gasteiger charge is 2.21. The van der Waals surface area contributed by atoms with E-state index in [0.717, 1.165) is 0 Å². The molecular weight excluding hydrogens is 226 g/mol. The molecule has 6 heteroatoms. The van der Waals surface area contributed by atoms with E-state index in [1.807, 2.05) is 0 Å². The van der Waals surface area contributed by atoms with Crippen molar-refractivity contribution in [2.75, 3.05) is 13.7 Å². The Balaban J connectivity index is 3.31. The summed E-state index contributed by atoms with van der Waals surface area (Å²) in [5.41, 5.74) is 0.361. The third-order valence-corrected chi connectivity index (χ3v) is 2.21. The molecule has 6 nitrogen and oxygen atoms in total. The molecule has 92 valence electrons. The molecule has 0 atom stereocenters. The first kappa shape index (κ1) is 13.0. The molecule has 1 rings (SSSR count). The van der Waals surface area contributed by atoms with Crippen molar-refractivity contribution in [1.29, 1.82) is 0 Å². The average molecular weight is 239 g/mol. The zero-order valence-electron chi connectivity index (χ0n) is 9.85. The lowest BCUT2D eigenvalue weighted by molar-refractivity contribution is -0.385. The quantitative estimate of drug-likeness (QED) is 0.456. The fraction of sp³-hybridized carbons (Fsp3) is 0.364. The van der Waals surface area contributed by atoms with E-state index in [4.69, 9.17) is 9.47 Å². The first-order valence-electron chi connectivity index (χ1n) is 5.01. The second-order valence-corrected chi connectivity index (χ2v) is 3.32.